The van der Waals surface area contributed by atoms with Crippen molar-refractivity contribution in [1.29, 1.82) is 0 Å². The Kier molecular flexibility index (Phi) is 5.42. The van der Waals surface area contributed by atoms with Crippen molar-refractivity contribution in [3.05, 3.63) is 77.9 Å². The Morgan fingerprint density at radius 2 is 1.77 bits per heavy atom. The molecule has 154 valence electrons. The van der Waals surface area contributed by atoms with Gasteiger partial charge in [0.15, 0.2) is 0 Å². The van der Waals surface area contributed by atoms with Gasteiger partial charge in [-0.25, -0.2) is 9.59 Å². The number of ether oxygens (including phenoxy) is 4. The molecule has 0 radical (unpaired) electrons. The number of benzene rings is 3. The summed E-state index contributed by atoms with van der Waals surface area (Å²) >= 11 is 0. The number of carbonyl (C=O) groups is 2. The van der Waals surface area contributed by atoms with Gasteiger partial charge in [-0.15, -0.1) is 0 Å². The average Bonchev–Trinajstić information content (AvgIpc) is 3.53. The molecule has 0 bridgehead atoms. The fourth-order valence-electron chi connectivity index (χ4n) is 3.23. The minimum absolute atomic E-state index is 0.0892. The standard InChI is InChI=1S/C24H22O6/c1-24(15-29-24)21(23(26)28-14-16-8-4-3-5-9-16)30-22(25)20-13-18(27-2)12-17-10-6-7-11-19(17)20/h3-13,21H,14-15H2,1-2H3/t21-,24+/m1/s1. The minimum atomic E-state index is -1.17. The zero-order chi connectivity index (χ0) is 21.1. The van der Waals surface area contributed by atoms with Crippen LogP contribution in [0.2, 0.25) is 0 Å². The zero-order valence-corrected chi connectivity index (χ0v) is 16.8. The second kappa shape index (κ2) is 8.16. The van der Waals surface area contributed by atoms with Crippen LogP contribution in [0.1, 0.15) is 22.8 Å². The molecule has 0 aromatic heterocycles. The second-order valence-electron chi connectivity index (χ2n) is 7.38. The molecule has 6 heteroatoms. The molecule has 1 aliphatic rings. The molecular formula is C24H22O6. The SMILES string of the molecule is COc1cc(C(=O)O[C@H](C(=O)OCc2ccccc2)[C@]2(C)CO2)c2ccccc2c1. The monoisotopic (exact) mass is 406 g/mol. The normalized spacial score (nSPS) is 18.5. The summed E-state index contributed by atoms with van der Waals surface area (Å²) in [5.74, 6) is -0.749. The predicted octanol–water partition coefficient (Wildman–Crippen LogP) is 3.91. The maximum Gasteiger partial charge on any atom is 0.350 e. The van der Waals surface area contributed by atoms with Crippen LogP contribution in [0, 0.1) is 0 Å². The molecule has 6 nitrogen and oxygen atoms in total. The van der Waals surface area contributed by atoms with E-state index < -0.39 is 23.6 Å². The minimum Gasteiger partial charge on any atom is -0.497 e. The average molecular weight is 406 g/mol. The van der Waals surface area contributed by atoms with Crippen LogP contribution in [0.4, 0.5) is 0 Å². The van der Waals surface area contributed by atoms with Crippen molar-refractivity contribution in [3.8, 4) is 5.75 Å². The first kappa shape index (κ1) is 19.9. The summed E-state index contributed by atoms with van der Waals surface area (Å²) in [6.45, 7) is 2.12. The van der Waals surface area contributed by atoms with Crippen molar-refractivity contribution in [1.82, 2.24) is 0 Å². The van der Waals surface area contributed by atoms with Crippen LogP contribution in [0.15, 0.2) is 66.7 Å². The summed E-state index contributed by atoms with van der Waals surface area (Å²) < 4.78 is 21.7. The Labute approximate surface area is 174 Å². The topological polar surface area (TPSA) is 74.4 Å². The van der Waals surface area contributed by atoms with E-state index in [1.165, 1.54) is 7.11 Å². The highest BCUT2D eigenvalue weighted by Crippen LogP contribution is 2.34. The van der Waals surface area contributed by atoms with Crippen molar-refractivity contribution < 1.29 is 28.5 Å². The smallest absolute Gasteiger partial charge is 0.350 e. The van der Waals surface area contributed by atoms with E-state index in [-0.39, 0.29) is 6.61 Å². The number of methoxy groups -OCH3 is 1. The molecule has 0 spiro atoms. The van der Waals surface area contributed by atoms with Gasteiger partial charge in [-0.2, -0.15) is 0 Å². The summed E-state index contributed by atoms with van der Waals surface area (Å²) in [4.78, 5) is 25.8. The van der Waals surface area contributed by atoms with Gasteiger partial charge in [0.05, 0.1) is 19.3 Å². The maximum atomic E-state index is 13.0. The molecule has 0 N–H and O–H groups in total. The van der Waals surface area contributed by atoms with E-state index in [0.29, 0.717) is 23.3 Å². The van der Waals surface area contributed by atoms with Crippen molar-refractivity contribution in [2.45, 2.75) is 25.2 Å². The maximum absolute atomic E-state index is 13.0. The first-order chi connectivity index (χ1) is 14.5. The van der Waals surface area contributed by atoms with Gasteiger partial charge in [-0.3, -0.25) is 0 Å². The lowest BCUT2D eigenvalue weighted by Crippen LogP contribution is -2.40. The van der Waals surface area contributed by atoms with Crippen molar-refractivity contribution in [2.75, 3.05) is 13.7 Å². The fraction of sp³-hybridized carbons (Fsp3) is 0.250. The van der Waals surface area contributed by atoms with E-state index in [4.69, 9.17) is 18.9 Å². The van der Waals surface area contributed by atoms with Gasteiger partial charge in [0, 0.05) is 0 Å². The van der Waals surface area contributed by atoms with Crippen molar-refractivity contribution >= 4 is 22.7 Å². The third kappa shape index (κ3) is 4.14. The van der Waals surface area contributed by atoms with E-state index in [1.807, 2.05) is 60.7 Å². The third-order valence-corrected chi connectivity index (χ3v) is 5.11. The van der Waals surface area contributed by atoms with Gasteiger partial charge in [-0.1, -0.05) is 54.6 Å². The quantitative estimate of drug-likeness (QED) is 0.438. The molecule has 1 saturated heterocycles. The molecule has 3 aromatic carbocycles. The molecule has 1 fully saturated rings. The molecule has 2 atom stereocenters. The molecule has 4 rings (SSSR count). The van der Waals surface area contributed by atoms with Gasteiger partial charge < -0.3 is 18.9 Å². The van der Waals surface area contributed by atoms with E-state index in [0.717, 1.165) is 10.9 Å². The molecule has 1 aliphatic heterocycles. The molecule has 30 heavy (non-hydrogen) atoms. The number of hydrogen-bond acceptors (Lipinski definition) is 6. The van der Waals surface area contributed by atoms with Crippen molar-refractivity contribution in [2.24, 2.45) is 0 Å². The Hall–Kier alpha value is -3.38. The van der Waals surface area contributed by atoms with Crippen LogP contribution in [-0.2, 0) is 25.6 Å². The lowest BCUT2D eigenvalue weighted by Gasteiger charge is -2.20. The molecular weight excluding hydrogens is 384 g/mol. The highest BCUT2D eigenvalue weighted by atomic mass is 16.7. The van der Waals surface area contributed by atoms with E-state index in [9.17, 15) is 9.59 Å². The summed E-state index contributed by atoms with van der Waals surface area (Å²) in [6, 6.07) is 20.2. The number of carbonyl (C=O) groups excluding carboxylic acids is 2. The number of rotatable bonds is 7. The van der Waals surface area contributed by atoms with Gasteiger partial charge in [0.25, 0.3) is 0 Å². The fourth-order valence-corrected chi connectivity index (χ4v) is 3.23. The first-order valence-electron chi connectivity index (χ1n) is 9.62. The predicted molar refractivity (Wildman–Crippen MR) is 110 cm³/mol. The largest absolute Gasteiger partial charge is 0.497 e. The van der Waals surface area contributed by atoms with Crippen LogP contribution >= 0.6 is 0 Å². The van der Waals surface area contributed by atoms with Crippen molar-refractivity contribution in [3.63, 3.8) is 0 Å². The zero-order valence-electron chi connectivity index (χ0n) is 16.8. The Morgan fingerprint density at radius 1 is 1.07 bits per heavy atom. The lowest BCUT2D eigenvalue weighted by atomic mass is 10.0. The number of epoxide rings is 1. The van der Waals surface area contributed by atoms with Crippen LogP contribution in [0.5, 0.6) is 5.75 Å². The molecule has 0 unspecified atom stereocenters. The Morgan fingerprint density at radius 3 is 2.47 bits per heavy atom. The number of esters is 2. The van der Waals surface area contributed by atoms with Crippen LogP contribution < -0.4 is 4.74 Å². The van der Waals surface area contributed by atoms with Gasteiger partial charge in [-0.05, 0) is 35.4 Å². The molecule has 3 aromatic rings. The van der Waals surface area contributed by atoms with Gasteiger partial charge >= 0.3 is 11.9 Å². The molecule has 0 saturated carbocycles. The Bertz CT molecular complexity index is 1070. The van der Waals surface area contributed by atoms with E-state index >= 15 is 0 Å². The van der Waals surface area contributed by atoms with Crippen LogP contribution in [0.3, 0.4) is 0 Å². The summed E-state index contributed by atoms with van der Waals surface area (Å²) in [7, 11) is 1.53. The van der Waals surface area contributed by atoms with Crippen LogP contribution in [-0.4, -0.2) is 37.4 Å². The molecule has 1 heterocycles. The first-order valence-corrected chi connectivity index (χ1v) is 9.62. The second-order valence-corrected chi connectivity index (χ2v) is 7.38. The highest BCUT2D eigenvalue weighted by Gasteiger charge is 2.54. The molecule has 0 aliphatic carbocycles. The van der Waals surface area contributed by atoms with E-state index in [1.54, 1.807) is 13.0 Å². The van der Waals surface area contributed by atoms with Crippen LogP contribution in [0.25, 0.3) is 10.8 Å². The van der Waals surface area contributed by atoms with Gasteiger partial charge in [0.1, 0.15) is 18.0 Å². The lowest BCUT2D eigenvalue weighted by molar-refractivity contribution is -0.158. The summed E-state index contributed by atoms with van der Waals surface area (Å²) in [6.07, 6.45) is -1.17. The molecule has 0 amide bonds. The third-order valence-electron chi connectivity index (χ3n) is 5.11. The number of hydrogen-bond donors (Lipinski definition) is 0. The Balaban J connectivity index is 1.56. The van der Waals surface area contributed by atoms with E-state index in [2.05, 4.69) is 0 Å². The van der Waals surface area contributed by atoms with Gasteiger partial charge in [0.2, 0.25) is 6.10 Å². The number of fused-ring (bicyclic) bond motifs is 1. The summed E-state index contributed by atoms with van der Waals surface area (Å²) in [5.41, 5.74) is 0.268. The highest BCUT2D eigenvalue weighted by molar-refractivity contribution is 6.06. The summed E-state index contributed by atoms with van der Waals surface area (Å²) in [5, 5.41) is 1.54.